The summed E-state index contributed by atoms with van der Waals surface area (Å²) in [5, 5.41) is 11.6. The second kappa shape index (κ2) is 8.39. The molecule has 0 bridgehead atoms. The summed E-state index contributed by atoms with van der Waals surface area (Å²) < 4.78 is 13.6. The molecule has 2 atom stereocenters. The molecule has 0 radical (unpaired) electrons. The van der Waals surface area contributed by atoms with Crippen LogP contribution in [0.2, 0.25) is 0 Å². The zero-order valence-electron chi connectivity index (χ0n) is 12.4. The summed E-state index contributed by atoms with van der Waals surface area (Å²) in [7, 11) is 0. The summed E-state index contributed by atoms with van der Waals surface area (Å²) in [4.78, 5) is 23.0. The van der Waals surface area contributed by atoms with Gasteiger partial charge in [0.05, 0.1) is 0 Å². The average molecular weight is 295 g/mol. The Balaban J connectivity index is 2.59. The van der Waals surface area contributed by atoms with E-state index in [1.165, 1.54) is 6.07 Å². The third kappa shape index (κ3) is 5.53. The number of benzene rings is 1. The molecule has 1 amide bonds. The molecule has 0 aliphatic carbocycles. The van der Waals surface area contributed by atoms with Gasteiger partial charge in [-0.15, -0.1) is 0 Å². The molecule has 116 valence electrons. The van der Waals surface area contributed by atoms with Crippen LogP contribution in [-0.2, 0) is 9.59 Å². The summed E-state index contributed by atoms with van der Waals surface area (Å²) in [6, 6.07) is 5.43. The number of carboxylic acids is 1. The molecule has 0 spiro atoms. The smallest absolute Gasteiger partial charge is 0.326 e. The van der Waals surface area contributed by atoms with Crippen molar-refractivity contribution < 1.29 is 19.1 Å². The number of nitrogens with one attached hydrogen (secondary N) is 1. The molecular formula is C16H22FNO3. The third-order valence-electron chi connectivity index (χ3n) is 3.41. The highest BCUT2D eigenvalue weighted by Crippen LogP contribution is 2.21. The first-order chi connectivity index (χ1) is 9.95. The normalized spacial score (nSPS) is 13.5. The minimum Gasteiger partial charge on any atom is -0.480 e. The van der Waals surface area contributed by atoms with Gasteiger partial charge in [0.2, 0.25) is 5.91 Å². The number of aliphatic carboxylic acids is 1. The Kier molecular flexibility index (Phi) is 6.85. The molecule has 0 aromatic heterocycles. The zero-order chi connectivity index (χ0) is 15.8. The van der Waals surface area contributed by atoms with Crippen molar-refractivity contribution in [1.82, 2.24) is 5.32 Å². The first kappa shape index (κ1) is 17.1. The van der Waals surface area contributed by atoms with E-state index in [2.05, 4.69) is 5.32 Å². The zero-order valence-corrected chi connectivity index (χ0v) is 12.4. The highest BCUT2D eigenvalue weighted by molar-refractivity contribution is 5.83. The largest absolute Gasteiger partial charge is 0.480 e. The van der Waals surface area contributed by atoms with Crippen molar-refractivity contribution in [2.24, 2.45) is 0 Å². The van der Waals surface area contributed by atoms with E-state index in [4.69, 9.17) is 5.11 Å². The molecule has 1 unspecified atom stereocenters. The number of carbonyl (C=O) groups excluding carboxylic acids is 1. The van der Waals surface area contributed by atoms with Crippen LogP contribution in [-0.4, -0.2) is 23.0 Å². The van der Waals surface area contributed by atoms with Crippen LogP contribution in [0.25, 0.3) is 0 Å². The van der Waals surface area contributed by atoms with Crippen LogP contribution in [0, 0.1) is 5.82 Å². The molecule has 0 saturated carbocycles. The van der Waals surface area contributed by atoms with Gasteiger partial charge in [-0.25, -0.2) is 9.18 Å². The van der Waals surface area contributed by atoms with E-state index in [0.717, 1.165) is 12.8 Å². The van der Waals surface area contributed by atoms with E-state index in [1.807, 2.05) is 6.92 Å². The number of carboxylic acid groups (broad SMARTS) is 1. The van der Waals surface area contributed by atoms with Crippen molar-refractivity contribution in [2.75, 3.05) is 0 Å². The quantitative estimate of drug-likeness (QED) is 0.774. The molecule has 5 heteroatoms. The summed E-state index contributed by atoms with van der Waals surface area (Å²) in [6.45, 7) is 3.71. The first-order valence-corrected chi connectivity index (χ1v) is 7.22. The van der Waals surface area contributed by atoms with E-state index in [0.29, 0.717) is 12.0 Å². The van der Waals surface area contributed by atoms with Gasteiger partial charge in [0.25, 0.3) is 0 Å². The number of halogens is 1. The van der Waals surface area contributed by atoms with Crippen molar-refractivity contribution in [3.05, 3.63) is 35.6 Å². The molecule has 4 nitrogen and oxygen atoms in total. The van der Waals surface area contributed by atoms with Gasteiger partial charge in [-0.05, 0) is 24.0 Å². The van der Waals surface area contributed by atoms with Crippen LogP contribution < -0.4 is 5.32 Å². The Morgan fingerprint density at radius 2 is 2.00 bits per heavy atom. The monoisotopic (exact) mass is 295 g/mol. The van der Waals surface area contributed by atoms with Crippen LogP contribution >= 0.6 is 0 Å². The van der Waals surface area contributed by atoms with Crippen molar-refractivity contribution in [3.8, 4) is 0 Å². The van der Waals surface area contributed by atoms with Gasteiger partial charge >= 0.3 is 5.97 Å². The SMILES string of the molecule is CCCC[C@H](NC(=O)CC(C)c1ccccc1F)C(=O)O. The fourth-order valence-corrected chi connectivity index (χ4v) is 2.18. The van der Waals surface area contributed by atoms with Gasteiger partial charge in [-0.1, -0.05) is 44.9 Å². The van der Waals surface area contributed by atoms with E-state index >= 15 is 0 Å². The van der Waals surface area contributed by atoms with Gasteiger partial charge in [0, 0.05) is 6.42 Å². The lowest BCUT2D eigenvalue weighted by Gasteiger charge is -2.17. The second-order valence-corrected chi connectivity index (χ2v) is 5.23. The van der Waals surface area contributed by atoms with Crippen LogP contribution in [0.3, 0.4) is 0 Å². The highest BCUT2D eigenvalue weighted by Gasteiger charge is 2.21. The summed E-state index contributed by atoms with van der Waals surface area (Å²) in [5.41, 5.74) is 0.466. The summed E-state index contributed by atoms with van der Waals surface area (Å²) >= 11 is 0. The molecule has 1 rings (SSSR count). The Bertz CT molecular complexity index is 490. The van der Waals surface area contributed by atoms with Gasteiger partial charge in [-0.3, -0.25) is 4.79 Å². The highest BCUT2D eigenvalue weighted by atomic mass is 19.1. The van der Waals surface area contributed by atoms with Crippen LogP contribution in [0.1, 0.15) is 51.0 Å². The van der Waals surface area contributed by atoms with E-state index < -0.39 is 12.0 Å². The molecule has 1 aromatic carbocycles. The molecule has 0 fully saturated rings. The van der Waals surface area contributed by atoms with Gasteiger partial charge in [0.15, 0.2) is 0 Å². The van der Waals surface area contributed by atoms with Crippen molar-refractivity contribution in [2.45, 2.75) is 51.5 Å². The lowest BCUT2D eigenvalue weighted by atomic mass is 9.96. The molecular weight excluding hydrogens is 273 g/mol. The van der Waals surface area contributed by atoms with Gasteiger partial charge < -0.3 is 10.4 Å². The molecule has 0 heterocycles. The topological polar surface area (TPSA) is 66.4 Å². The lowest BCUT2D eigenvalue weighted by Crippen LogP contribution is -2.41. The summed E-state index contributed by atoms with van der Waals surface area (Å²) in [6.07, 6.45) is 2.08. The fraction of sp³-hybridized carbons (Fsp3) is 0.500. The Hall–Kier alpha value is -1.91. The number of hydrogen-bond donors (Lipinski definition) is 2. The molecule has 0 saturated heterocycles. The minimum absolute atomic E-state index is 0.0663. The first-order valence-electron chi connectivity index (χ1n) is 7.22. The average Bonchev–Trinajstić information content (AvgIpc) is 2.43. The Labute approximate surface area is 124 Å². The number of rotatable bonds is 8. The predicted octanol–water partition coefficient (Wildman–Crippen LogP) is 3.08. The Morgan fingerprint density at radius 3 is 2.57 bits per heavy atom. The second-order valence-electron chi connectivity index (χ2n) is 5.23. The van der Waals surface area contributed by atoms with Gasteiger partial charge in [0.1, 0.15) is 11.9 Å². The Morgan fingerprint density at radius 1 is 1.33 bits per heavy atom. The molecule has 21 heavy (non-hydrogen) atoms. The number of carbonyl (C=O) groups is 2. The van der Waals surface area contributed by atoms with Crippen molar-refractivity contribution in [1.29, 1.82) is 0 Å². The number of amides is 1. The third-order valence-corrected chi connectivity index (χ3v) is 3.41. The molecule has 1 aromatic rings. The van der Waals surface area contributed by atoms with E-state index in [1.54, 1.807) is 25.1 Å². The van der Waals surface area contributed by atoms with Crippen LogP contribution in [0.15, 0.2) is 24.3 Å². The molecule has 0 aliphatic rings. The van der Waals surface area contributed by atoms with E-state index in [9.17, 15) is 14.0 Å². The lowest BCUT2D eigenvalue weighted by molar-refractivity contribution is -0.142. The van der Waals surface area contributed by atoms with Gasteiger partial charge in [-0.2, -0.15) is 0 Å². The standard InChI is InChI=1S/C16H22FNO3/c1-3-4-9-14(16(20)21)18-15(19)10-11(2)12-7-5-6-8-13(12)17/h5-8,11,14H,3-4,9-10H2,1-2H3,(H,18,19)(H,20,21)/t11?,14-/m0/s1. The van der Waals surface area contributed by atoms with Crippen molar-refractivity contribution in [3.63, 3.8) is 0 Å². The molecule has 2 N–H and O–H groups in total. The molecule has 0 aliphatic heterocycles. The minimum atomic E-state index is -1.03. The predicted molar refractivity (Wildman–Crippen MR) is 78.5 cm³/mol. The maximum absolute atomic E-state index is 13.6. The maximum atomic E-state index is 13.6. The van der Waals surface area contributed by atoms with Crippen molar-refractivity contribution >= 4 is 11.9 Å². The van der Waals surface area contributed by atoms with E-state index in [-0.39, 0.29) is 24.1 Å². The summed E-state index contributed by atoms with van der Waals surface area (Å²) in [5.74, 6) is -2.05. The van der Waals surface area contributed by atoms with Crippen LogP contribution in [0.4, 0.5) is 4.39 Å². The van der Waals surface area contributed by atoms with Crippen LogP contribution in [0.5, 0.6) is 0 Å². The fourth-order valence-electron chi connectivity index (χ4n) is 2.18. The number of hydrogen-bond acceptors (Lipinski definition) is 2. The maximum Gasteiger partial charge on any atom is 0.326 e. The number of unbranched alkanes of at least 4 members (excludes halogenated alkanes) is 1.